The number of carboxylic acids is 1. The van der Waals surface area contributed by atoms with Gasteiger partial charge in [0.2, 0.25) is 5.91 Å². The minimum Gasteiger partial charge on any atom is -0.480 e. The molecule has 3 N–H and O–H groups in total. The third-order valence-electron chi connectivity index (χ3n) is 5.10. The quantitative estimate of drug-likeness (QED) is 0.426. The molecule has 0 unspecified atom stereocenters. The van der Waals surface area contributed by atoms with Gasteiger partial charge in [0.05, 0.1) is 0 Å². The van der Waals surface area contributed by atoms with E-state index in [4.69, 9.17) is 4.74 Å². The topological polar surface area (TPSA) is 105 Å². The van der Waals surface area contributed by atoms with E-state index in [1.807, 2.05) is 24.3 Å². The van der Waals surface area contributed by atoms with Crippen molar-refractivity contribution in [2.75, 3.05) is 0 Å². The molecule has 0 bridgehead atoms. The van der Waals surface area contributed by atoms with E-state index in [-0.39, 0.29) is 25.0 Å². The summed E-state index contributed by atoms with van der Waals surface area (Å²) in [6.07, 6.45) is -0.954. The number of halogens is 1. The van der Waals surface area contributed by atoms with Crippen molar-refractivity contribution in [3.8, 4) is 0 Å². The van der Waals surface area contributed by atoms with Crippen LogP contribution in [0, 0.1) is 5.82 Å². The predicted molar refractivity (Wildman–Crippen MR) is 123 cm³/mol. The maximum atomic E-state index is 14.0. The summed E-state index contributed by atoms with van der Waals surface area (Å²) in [5, 5.41) is 14.5. The van der Waals surface area contributed by atoms with Gasteiger partial charge in [-0.1, -0.05) is 78.9 Å². The third kappa shape index (κ3) is 7.44. The van der Waals surface area contributed by atoms with E-state index in [1.165, 1.54) is 18.2 Å². The van der Waals surface area contributed by atoms with Crippen molar-refractivity contribution in [3.05, 3.63) is 107 Å². The molecule has 0 heterocycles. The zero-order chi connectivity index (χ0) is 24.3. The molecule has 0 aromatic heterocycles. The molecule has 3 rings (SSSR count). The van der Waals surface area contributed by atoms with Gasteiger partial charge in [-0.05, 0) is 22.8 Å². The highest BCUT2D eigenvalue weighted by Crippen LogP contribution is 2.11. The van der Waals surface area contributed by atoms with Crippen molar-refractivity contribution in [2.45, 2.75) is 31.5 Å². The predicted octanol–water partition coefficient (Wildman–Crippen LogP) is 3.48. The van der Waals surface area contributed by atoms with Crippen LogP contribution >= 0.6 is 0 Å². The number of hydrogen-bond acceptors (Lipinski definition) is 4. The summed E-state index contributed by atoms with van der Waals surface area (Å²) in [6, 6.07) is 21.3. The molecule has 0 saturated heterocycles. The fourth-order valence-corrected chi connectivity index (χ4v) is 3.32. The molecule has 0 saturated carbocycles. The zero-order valence-corrected chi connectivity index (χ0v) is 18.3. The van der Waals surface area contributed by atoms with Gasteiger partial charge in [0.25, 0.3) is 0 Å². The van der Waals surface area contributed by atoms with Crippen LogP contribution in [0.2, 0.25) is 0 Å². The van der Waals surface area contributed by atoms with Crippen molar-refractivity contribution < 1.29 is 28.6 Å². The first-order valence-corrected chi connectivity index (χ1v) is 10.7. The molecule has 7 nitrogen and oxygen atoms in total. The Bertz CT molecular complexity index is 1110. The zero-order valence-electron chi connectivity index (χ0n) is 18.3. The second-order valence-electron chi connectivity index (χ2n) is 7.64. The number of carbonyl (C=O) groups is 3. The Kier molecular flexibility index (Phi) is 8.73. The second kappa shape index (κ2) is 12.2. The van der Waals surface area contributed by atoms with Crippen LogP contribution in [0.5, 0.6) is 0 Å². The fourth-order valence-electron chi connectivity index (χ4n) is 3.32. The van der Waals surface area contributed by atoms with E-state index in [2.05, 4.69) is 10.6 Å². The number of hydrogen-bond donors (Lipinski definition) is 3. The molecule has 3 aromatic carbocycles. The number of carbonyl (C=O) groups excluding carboxylic acids is 2. The van der Waals surface area contributed by atoms with Crippen LogP contribution < -0.4 is 10.6 Å². The molecule has 0 fully saturated rings. The number of carboxylic acid groups (broad SMARTS) is 1. The average Bonchev–Trinajstić information content (AvgIpc) is 2.84. The van der Waals surface area contributed by atoms with Gasteiger partial charge in [0, 0.05) is 12.8 Å². The summed E-state index contributed by atoms with van der Waals surface area (Å²) >= 11 is 0. The van der Waals surface area contributed by atoms with E-state index in [1.54, 1.807) is 42.5 Å². The molecule has 3 aromatic rings. The third-order valence-corrected chi connectivity index (χ3v) is 5.10. The molecule has 34 heavy (non-hydrogen) atoms. The summed E-state index contributed by atoms with van der Waals surface area (Å²) < 4.78 is 19.2. The SMILES string of the molecule is O=C(N[C@H](Cc1ccccc1)C(=O)N[C@@H](Cc1ccccc1F)C(=O)O)OCc1ccccc1. The minimum atomic E-state index is -1.38. The number of benzene rings is 3. The lowest BCUT2D eigenvalue weighted by atomic mass is 10.0. The van der Waals surface area contributed by atoms with Gasteiger partial charge in [-0.3, -0.25) is 4.79 Å². The van der Waals surface area contributed by atoms with E-state index in [0.717, 1.165) is 11.1 Å². The summed E-state index contributed by atoms with van der Waals surface area (Å²) in [6.45, 7) is 0.0113. The number of rotatable bonds is 10. The molecule has 0 spiro atoms. The molecular weight excluding hydrogens is 439 g/mol. The number of alkyl carbamates (subject to hydrolysis) is 1. The summed E-state index contributed by atoms with van der Waals surface area (Å²) in [5.41, 5.74) is 1.69. The van der Waals surface area contributed by atoms with Gasteiger partial charge in [0.15, 0.2) is 0 Å². The number of amides is 2. The first-order valence-electron chi connectivity index (χ1n) is 10.7. The molecule has 0 aliphatic heterocycles. The molecule has 0 aliphatic carbocycles. The lowest BCUT2D eigenvalue weighted by molar-refractivity contribution is -0.142. The van der Waals surface area contributed by atoms with Gasteiger partial charge >= 0.3 is 12.1 Å². The smallest absolute Gasteiger partial charge is 0.408 e. The molecule has 0 radical (unpaired) electrons. The molecule has 2 amide bonds. The van der Waals surface area contributed by atoms with Crippen molar-refractivity contribution in [1.29, 1.82) is 0 Å². The normalized spacial score (nSPS) is 12.3. The van der Waals surface area contributed by atoms with Crippen molar-refractivity contribution in [3.63, 3.8) is 0 Å². The molecule has 8 heteroatoms. The number of ether oxygens (including phenoxy) is 1. The average molecular weight is 464 g/mol. The highest BCUT2D eigenvalue weighted by atomic mass is 19.1. The lowest BCUT2D eigenvalue weighted by Gasteiger charge is -2.22. The lowest BCUT2D eigenvalue weighted by Crippen LogP contribution is -2.53. The van der Waals surface area contributed by atoms with Crippen molar-refractivity contribution >= 4 is 18.0 Å². The van der Waals surface area contributed by atoms with Crippen molar-refractivity contribution in [1.82, 2.24) is 10.6 Å². The summed E-state index contributed by atoms with van der Waals surface area (Å²) in [4.78, 5) is 37.2. The summed E-state index contributed by atoms with van der Waals surface area (Å²) in [7, 11) is 0. The first kappa shape index (κ1) is 24.4. The number of aliphatic carboxylic acids is 1. The summed E-state index contributed by atoms with van der Waals surface area (Å²) in [5.74, 6) is -2.60. The van der Waals surface area contributed by atoms with Crippen LogP contribution in [-0.2, 0) is 33.8 Å². The highest BCUT2D eigenvalue weighted by molar-refractivity contribution is 5.89. The monoisotopic (exact) mass is 464 g/mol. The first-order chi connectivity index (χ1) is 16.4. The fraction of sp³-hybridized carbons (Fsp3) is 0.192. The van der Waals surface area contributed by atoms with Crippen LogP contribution in [0.25, 0.3) is 0 Å². The van der Waals surface area contributed by atoms with Crippen LogP contribution in [0.4, 0.5) is 9.18 Å². The van der Waals surface area contributed by atoms with Crippen molar-refractivity contribution in [2.24, 2.45) is 0 Å². The van der Waals surface area contributed by atoms with Gasteiger partial charge in [0.1, 0.15) is 24.5 Å². The van der Waals surface area contributed by atoms with Gasteiger partial charge in [-0.25, -0.2) is 14.0 Å². The molecular formula is C26H25FN2O5. The standard InChI is InChI=1S/C26H25FN2O5/c27-21-14-8-7-13-20(21)16-23(25(31)32)28-24(30)22(15-18-9-3-1-4-10-18)29-26(33)34-17-19-11-5-2-6-12-19/h1-14,22-23H,15-17H2,(H,28,30)(H,29,33)(H,31,32)/t22-,23+/m1/s1. The van der Waals surface area contributed by atoms with Crippen LogP contribution in [0.1, 0.15) is 16.7 Å². The van der Waals surface area contributed by atoms with Gasteiger partial charge in [-0.2, -0.15) is 0 Å². The Morgan fingerprint density at radius 1 is 0.765 bits per heavy atom. The Balaban J connectivity index is 1.70. The van der Waals surface area contributed by atoms with Gasteiger partial charge < -0.3 is 20.5 Å². The molecule has 2 atom stereocenters. The second-order valence-corrected chi connectivity index (χ2v) is 7.64. The van der Waals surface area contributed by atoms with E-state index in [0.29, 0.717) is 0 Å². The number of nitrogens with one attached hydrogen (secondary N) is 2. The molecule has 0 aliphatic rings. The highest BCUT2D eigenvalue weighted by Gasteiger charge is 2.28. The largest absolute Gasteiger partial charge is 0.480 e. The van der Waals surface area contributed by atoms with Crippen LogP contribution in [-0.4, -0.2) is 35.2 Å². The van der Waals surface area contributed by atoms with Gasteiger partial charge in [-0.15, -0.1) is 0 Å². The Labute approximate surface area is 196 Å². The minimum absolute atomic E-state index is 0.0113. The van der Waals surface area contributed by atoms with E-state index in [9.17, 15) is 23.9 Å². The Morgan fingerprint density at radius 3 is 1.97 bits per heavy atom. The van der Waals surface area contributed by atoms with E-state index >= 15 is 0 Å². The Hall–Kier alpha value is -4.20. The molecule has 176 valence electrons. The van der Waals surface area contributed by atoms with Crippen LogP contribution in [0.15, 0.2) is 84.9 Å². The van der Waals surface area contributed by atoms with E-state index < -0.39 is 35.9 Å². The maximum Gasteiger partial charge on any atom is 0.408 e. The maximum absolute atomic E-state index is 14.0. The van der Waals surface area contributed by atoms with Crippen LogP contribution in [0.3, 0.4) is 0 Å². The Morgan fingerprint density at radius 2 is 1.35 bits per heavy atom.